The van der Waals surface area contributed by atoms with Crippen molar-refractivity contribution in [1.29, 1.82) is 0 Å². The zero-order valence-electron chi connectivity index (χ0n) is 3.66. The molecule has 0 aliphatic carbocycles. The lowest BCUT2D eigenvalue weighted by molar-refractivity contribution is -0.128. The normalized spacial score (nSPS) is 11.3. The van der Waals surface area contributed by atoms with E-state index in [0.29, 0.717) is 0 Å². The van der Waals surface area contributed by atoms with E-state index in [1.54, 1.807) is 0 Å². The quantitative estimate of drug-likeness (QED) is 0.482. The maximum Gasteiger partial charge on any atom is 0.302 e. The molecular formula is C4H5F2O. The van der Waals surface area contributed by atoms with Crippen molar-refractivity contribution in [1.82, 2.24) is 0 Å². The largest absolute Gasteiger partial charge is 0.302 e. The first-order valence-electron chi connectivity index (χ1n) is 1.76. The van der Waals surface area contributed by atoms with Gasteiger partial charge in [-0.25, -0.2) is 0 Å². The Morgan fingerprint density at radius 3 is 2.14 bits per heavy atom. The third kappa shape index (κ3) is 2.25. The maximum atomic E-state index is 11.5. The molecule has 1 nitrogen and oxygen atoms in total. The van der Waals surface area contributed by atoms with Crippen molar-refractivity contribution in [2.75, 3.05) is 0 Å². The average molecular weight is 107 g/mol. The van der Waals surface area contributed by atoms with E-state index in [2.05, 4.69) is 6.92 Å². The Balaban J connectivity index is 3.58. The van der Waals surface area contributed by atoms with Crippen molar-refractivity contribution < 1.29 is 13.6 Å². The molecule has 0 unspecified atom stereocenters. The van der Waals surface area contributed by atoms with Gasteiger partial charge in [0.25, 0.3) is 0 Å². The number of aldehydes is 1. The summed E-state index contributed by atoms with van der Waals surface area (Å²) in [6.45, 7) is 2.85. The minimum absolute atomic E-state index is 0.403. The Morgan fingerprint density at radius 1 is 1.71 bits per heavy atom. The molecule has 0 saturated heterocycles. The molecular weight excluding hydrogens is 102 g/mol. The highest BCUT2D eigenvalue weighted by molar-refractivity contribution is 5.59. The zero-order valence-corrected chi connectivity index (χ0v) is 3.66. The van der Waals surface area contributed by atoms with Gasteiger partial charge in [-0.1, -0.05) is 0 Å². The first-order valence-corrected chi connectivity index (χ1v) is 1.76. The molecule has 3 heteroatoms. The van der Waals surface area contributed by atoms with Gasteiger partial charge in [-0.2, -0.15) is 8.78 Å². The smallest absolute Gasteiger partial charge is 0.297 e. The van der Waals surface area contributed by atoms with Crippen LogP contribution in [-0.2, 0) is 4.79 Å². The third-order valence-electron chi connectivity index (χ3n) is 0.506. The second-order valence-corrected chi connectivity index (χ2v) is 1.13. The lowest BCUT2D eigenvalue weighted by Crippen LogP contribution is -2.14. The van der Waals surface area contributed by atoms with Crippen LogP contribution in [0.4, 0.5) is 8.78 Å². The summed E-state index contributed by atoms with van der Waals surface area (Å²) in [5.41, 5.74) is 0. The summed E-state index contributed by atoms with van der Waals surface area (Å²) in [7, 11) is 0. The number of carbonyl (C=O) groups excluding carboxylic acids is 1. The highest BCUT2D eigenvalue weighted by atomic mass is 19.3. The first kappa shape index (κ1) is 6.53. The van der Waals surface area contributed by atoms with Crippen LogP contribution in [0.15, 0.2) is 0 Å². The number of hydrogen-bond acceptors (Lipinski definition) is 1. The van der Waals surface area contributed by atoms with E-state index in [9.17, 15) is 13.6 Å². The lowest BCUT2D eigenvalue weighted by atomic mass is 10.3. The van der Waals surface area contributed by atoms with E-state index >= 15 is 0 Å². The standard InChI is InChI=1S/C4H5F2O/c1-2-4(5,6)3-7/h3H,1-2H2. The van der Waals surface area contributed by atoms with Gasteiger partial charge in [-0.15, -0.1) is 0 Å². The Morgan fingerprint density at radius 2 is 2.14 bits per heavy atom. The maximum absolute atomic E-state index is 11.5. The molecule has 0 bridgehead atoms. The van der Waals surface area contributed by atoms with Crippen LogP contribution in [0, 0.1) is 6.92 Å². The average Bonchev–Trinajstić information content (AvgIpc) is 1.68. The summed E-state index contributed by atoms with van der Waals surface area (Å²) in [6, 6.07) is 0. The molecule has 0 amide bonds. The number of halogens is 2. The minimum Gasteiger partial charge on any atom is -0.297 e. The Kier molecular flexibility index (Phi) is 1.87. The lowest BCUT2D eigenvalue weighted by Gasteiger charge is -2.00. The molecule has 0 saturated carbocycles. The zero-order chi connectivity index (χ0) is 5.91. The summed E-state index contributed by atoms with van der Waals surface area (Å²) < 4.78 is 22.9. The van der Waals surface area contributed by atoms with Crippen molar-refractivity contribution in [3.8, 4) is 0 Å². The van der Waals surface area contributed by atoms with Crippen molar-refractivity contribution in [2.24, 2.45) is 0 Å². The molecule has 41 valence electrons. The number of carbonyl (C=O) groups is 1. The summed E-state index contributed by atoms with van der Waals surface area (Å²) >= 11 is 0. The molecule has 1 radical (unpaired) electrons. The van der Waals surface area contributed by atoms with Crippen LogP contribution >= 0.6 is 0 Å². The molecule has 0 aromatic carbocycles. The number of rotatable bonds is 2. The van der Waals surface area contributed by atoms with Crippen molar-refractivity contribution in [3.63, 3.8) is 0 Å². The van der Waals surface area contributed by atoms with Gasteiger partial charge in [0.05, 0.1) is 0 Å². The molecule has 0 aliphatic rings. The molecule has 0 atom stereocenters. The fourth-order valence-corrected chi connectivity index (χ4v) is 0.0589. The molecule has 0 spiro atoms. The SMILES string of the molecule is [CH2]CC(F)(F)C=O. The predicted octanol–water partition coefficient (Wildman–Crippen LogP) is 1.04. The van der Waals surface area contributed by atoms with E-state index in [0.717, 1.165) is 0 Å². The fourth-order valence-electron chi connectivity index (χ4n) is 0.0589. The number of alkyl halides is 2. The van der Waals surface area contributed by atoms with Crippen LogP contribution in [0.3, 0.4) is 0 Å². The molecule has 0 heterocycles. The molecule has 0 aromatic rings. The van der Waals surface area contributed by atoms with Gasteiger partial charge >= 0.3 is 5.92 Å². The van der Waals surface area contributed by atoms with Crippen molar-refractivity contribution in [2.45, 2.75) is 12.3 Å². The van der Waals surface area contributed by atoms with Gasteiger partial charge in [-0.05, 0) is 6.92 Å². The van der Waals surface area contributed by atoms with Gasteiger partial charge in [0.2, 0.25) is 0 Å². The third-order valence-corrected chi connectivity index (χ3v) is 0.506. The topological polar surface area (TPSA) is 17.1 Å². The highest BCUT2D eigenvalue weighted by Crippen LogP contribution is 2.12. The molecule has 7 heavy (non-hydrogen) atoms. The van der Waals surface area contributed by atoms with Crippen LogP contribution < -0.4 is 0 Å². The number of hydrogen-bond donors (Lipinski definition) is 0. The molecule has 0 rings (SSSR count). The van der Waals surface area contributed by atoms with Gasteiger partial charge in [0, 0.05) is 6.42 Å². The van der Waals surface area contributed by atoms with Gasteiger partial charge in [-0.3, -0.25) is 4.79 Å². The van der Waals surface area contributed by atoms with Crippen LogP contribution in [0.5, 0.6) is 0 Å². The van der Waals surface area contributed by atoms with Crippen LogP contribution in [0.25, 0.3) is 0 Å². The summed E-state index contributed by atoms with van der Waals surface area (Å²) in [5.74, 6) is -3.21. The van der Waals surface area contributed by atoms with E-state index in [1.807, 2.05) is 0 Å². The Labute approximate surface area is 40.3 Å². The van der Waals surface area contributed by atoms with Crippen molar-refractivity contribution >= 4 is 6.29 Å². The molecule has 0 aliphatic heterocycles. The highest BCUT2D eigenvalue weighted by Gasteiger charge is 2.23. The van der Waals surface area contributed by atoms with E-state index in [4.69, 9.17) is 0 Å². The molecule has 0 N–H and O–H groups in total. The predicted molar refractivity (Wildman–Crippen MR) is 21.0 cm³/mol. The van der Waals surface area contributed by atoms with Crippen molar-refractivity contribution in [3.05, 3.63) is 6.92 Å². The van der Waals surface area contributed by atoms with Gasteiger partial charge in [0.1, 0.15) is 0 Å². The summed E-state index contributed by atoms with van der Waals surface area (Å²) in [4.78, 5) is 9.27. The Bertz CT molecular complexity index is 70.1. The van der Waals surface area contributed by atoms with Crippen LogP contribution in [0.1, 0.15) is 6.42 Å². The van der Waals surface area contributed by atoms with Crippen LogP contribution in [0.2, 0.25) is 0 Å². The summed E-state index contributed by atoms with van der Waals surface area (Å²) in [5, 5.41) is 0. The molecule has 0 fully saturated rings. The van der Waals surface area contributed by atoms with E-state index in [-0.39, 0.29) is 0 Å². The monoisotopic (exact) mass is 107 g/mol. The van der Waals surface area contributed by atoms with E-state index in [1.165, 1.54) is 0 Å². The fraction of sp³-hybridized carbons (Fsp3) is 0.500. The van der Waals surface area contributed by atoms with Crippen LogP contribution in [-0.4, -0.2) is 12.2 Å². The second-order valence-electron chi connectivity index (χ2n) is 1.13. The van der Waals surface area contributed by atoms with Gasteiger partial charge < -0.3 is 0 Å². The van der Waals surface area contributed by atoms with E-state index < -0.39 is 18.6 Å². The summed E-state index contributed by atoms with van der Waals surface area (Å²) in [6.07, 6.45) is -1.06. The second kappa shape index (κ2) is 2.00. The first-order chi connectivity index (χ1) is 3.12. The minimum atomic E-state index is -3.21. The Hall–Kier alpha value is -0.470. The van der Waals surface area contributed by atoms with Gasteiger partial charge in [0.15, 0.2) is 6.29 Å². The molecule has 0 aromatic heterocycles.